The topological polar surface area (TPSA) is 244 Å². The Hall–Kier alpha value is -5.60. The minimum atomic E-state index is -4.69. The summed E-state index contributed by atoms with van der Waals surface area (Å²) >= 11 is 0. The first-order valence-corrected chi connectivity index (χ1v) is 37.2. The molecular weight excluding hydrogens is 1220 g/mol. The lowest BCUT2D eigenvalue weighted by Gasteiger charge is -2.20. The molecule has 0 radical (unpaired) electrons. The number of phosphoric acid groups is 1. The predicted molar refractivity (Wildman–Crippen MR) is 366 cm³/mol. The third kappa shape index (κ3) is 36.5. The Morgan fingerprint density at radius 2 is 1.05 bits per heavy atom. The summed E-state index contributed by atoms with van der Waals surface area (Å²) in [7, 11) is -4.69. The van der Waals surface area contributed by atoms with Crippen LogP contribution in [0.25, 0.3) is 11.1 Å². The molecule has 0 aliphatic carbocycles. The molecule has 3 N–H and O–H groups in total. The number of hydrogen-bond donors (Lipinski definition) is 3. The third-order valence-corrected chi connectivity index (χ3v) is 17.4. The maximum atomic E-state index is 12.9. The molecule has 3 aromatic rings. The van der Waals surface area contributed by atoms with Crippen LogP contribution in [-0.2, 0) is 56.4 Å². The standard InChI is InChI=1S/C73H114N3O17P/c1-4-6-8-10-12-14-16-18-20-22-24-26-28-30-32-34-70(78)88-54-63(91-71(79)35-33-31-29-27-25-23-21-19-17-15-13-11-9-7-5-2)55-90-94(81,82)89-47-45-75-73(80)86-51-50-84-57-69(77)74-44-46-83-48-49-85-58-72-92-67-43-41-62(53-68(67)93-72)60-37-39-61(40-38-60)65-56-87-66-42-36-59(3)52-64(66)76-65/h36-43,52-53,63,72H,4-35,44-51,54-58H2,1-3H3,(H,74,77)(H,75,80)(H,81,82). The molecular formula is C73H114N3O17P. The molecule has 0 saturated carbocycles. The van der Waals surface area contributed by atoms with Crippen molar-refractivity contribution in [3.05, 3.63) is 71.8 Å². The molecule has 528 valence electrons. The molecule has 2 heterocycles. The lowest BCUT2D eigenvalue weighted by Crippen LogP contribution is -2.32. The first-order chi connectivity index (χ1) is 45.9. The number of carbonyl (C=O) groups excluding carboxylic acids is 4. The first kappa shape index (κ1) is 79.1. The fraction of sp³-hybridized carbons (Fsp3) is 0.685. The van der Waals surface area contributed by atoms with E-state index >= 15 is 0 Å². The van der Waals surface area contributed by atoms with E-state index in [1.54, 1.807) is 0 Å². The number of alkyl carbamates (subject to hydrolysis) is 1. The summed E-state index contributed by atoms with van der Waals surface area (Å²) in [6.45, 7) is 6.16. The van der Waals surface area contributed by atoms with Crippen molar-refractivity contribution in [2.75, 3.05) is 85.8 Å². The van der Waals surface area contributed by atoms with Crippen molar-refractivity contribution in [3.63, 3.8) is 0 Å². The Labute approximate surface area is 561 Å². The Kier molecular flexibility index (Phi) is 41.9. The van der Waals surface area contributed by atoms with Gasteiger partial charge in [-0.3, -0.25) is 23.4 Å². The molecule has 21 heteroatoms. The number of ether oxygens (including phenoxy) is 9. The minimum absolute atomic E-state index is 0.0666. The van der Waals surface area contributed by atoms with Crippen molar-refractivity contribution in [2.24, 2.45) is 4.99 Å². The number of nitrogens with one attached hydrogen (secondary N) is 2. The minimum Gasteiger partial charge on any atom is -0.485 e. The normalized spacial score (nSPS) is 14.1. The average molecular weight is 1340 g/mol. The smallest absolute Gasteiger partial charge is 0.472 e. The van der Waals surface area contributed by atoms with Crippen molar-refractivity contribution in [1.29, 1.82) is 0 Å². The van der Waals surface area contributed by atoms with Crippen molar-refractivity contribution in [2.45, 2.75) is 239 Å². The van der Waals surface area contributed by atoms with Gasteiger partial charge < -0.3 is 58.2 Å². The van der Waals surface area contributed by atoms with Gasteiger partial charge in [0.1, 0.15) is 44.5 Å². The number of aryl methyl sites for hydroxylation is 1. The van der Waals surface area contributed by atoms with E-state index in [1.807, 2.05) is 55.5 Å². The van der Waals surface area contributed by atoms with Gasteiger partial charge in [0.15, 0.2) is 17.6 Å². The first-order valence-electron chi connectivity index (χ1n) is 35.7. The Bertz CT molecular complexity index is 2640. The summed E-state index contributed by atoms with van der Waals surface area (Å²) in [5.41, 5.74) is 5.85. The molecule has 0 fully saturated rings. The van der Waals surface area contributed by atoms with Crippen LogP contribution in [0, 0.1) is 6.92 Å². The molecule has 0 bridgehead atoms. The van der Waals surface area contributed by atoms with E-state index in [0.29, 0.717) is 30.9 Å². The fourth-order valence-corrected chi connectivity index (χ4v) is 11.7. The summed E-state index contributed by atoms with van der Waals surface area (Å²) < 4.78 is 73.6. The van der Waals surface area contributed by atoms with Crippen LogP contribution >= 0.6 is 7.82 Å². The summed E-state index contributed by atoms with van der Waals surface area (Å²) in [6, 6.07) is 20.0. The second-order valence-electron chi connectivity index (χ2n) is 24.7. The van der Waals surface area contributed by atoms with Crippen LogP contribution in [0.2, 0.25) is 0 Å². The van der Waals surface area contributed by atoms with Crippen LogP contribution in [0.3, 0.4) is 0 Å². The van der Waals surface area contributed by atoms with Crippen molar-refractivity contribution in [1.82, 2.24) is 10.6 Å². The summed E-state index contributed by atoms with van der Waals surface area (Å²) in [5, 5.41) is 5.08. The highest BCUT2D eigenvalue weighted by molar-refractivity contribution is 7.47. The van der Waals surface area contributed by atoms with Crippen LogP contribution in [0.5, 0.6) is 17.2 Å². The second kappa shape index (κ2) is 49.9. The van der Waals surface area contributed by atoms with E-state index in [9.17, 15) is 28.6 Å². The highest BCUT2D eigenvalue weighted by Gasteiger charge is 2.28. The number of unbranched alkanes of at least 4 members (excludes halogenated alkanes) is 28. The largest absolute Gasteiger partial charge is 0.485 e. The molecule has 3 atom stereocenters. The zero-order chi connectivity index (χ0) is 67.0. The van der Waals surface area contributed by atoms with Gasteiger partial charge in [-0.2, -0.15) is 0 Å². The number of aliphatic imine (C=N–C) groups is 1. The van der Waals surface area contributed by atoms with E-state index < -0.39 is 51.5 Å². The molecule has 94 heavy (non-hydrogen) atoms. The highest BCUT2D eigenvalue weighted by atomic mass is 31.2. The molecule has 0 saturated heterocycles. The van der Waals surface area contributed by atoms with Gasteiger partial charge in [-0.1, -0.05) is 230 Å². The molecule has 3 aromatic carbocycles. The molecule has 3 unspecified atom stereocenters. The number of amides is 2. The number of phosphoric ester groups is 1. The van der Waals surface area contributed by atoms with Gasteiger partial charge in [0, 0.05) is 25.9 Å². The van der Waals surface area contributed by atoms with Crippen LogP contribution in [0.1, 0.15) is 230 Å². The number of carbonyl (C=O) groups is 4. The van der Waals surface area contributed by atoms with Gasteiger partial charge in [-0.25, -0.2) is 14.4 Å². The Morgan fingerprint density at radius 3 is 1.67 bits per heavy atom. The monoisotopic (exact) mass is 1340 g/mol. The summed E-state index contributed by atoms with van der Waals surface area (Å²) in [6.07, 6.45) is 34.0. The molecule has 2 amide bonds. The quantitative estimate of drug-likeness (QED) is 0.0206. The molecule has 5 rings (SSSR count). The van der Waals surface area contributed by atoms with Crippen LogP contribution in [-0.4, -0.2) is 133 Å². The van der Waals surface area contributed by atoms with Gasteiger partial charge in [-0.05, 0) is 66.3 Å². The molecule has 0 aromatic heterocycles. The lowest BCUT2D eigenvalue weighted by molar-refractivity contribution is -0.161. The Morgan fingerprint density at radius 1 is 0.532 bits per heavy atom. The predicted octanol–water partition coefficient (Wildman–Crippen LogP) is 16.3. The number of hydrogen-bond acceptors (Lipinski definition) is 17. The number of esters is 2. The number of nitrogens with zero attached hydrogens (tertiary/aromatic N) is 1. The Balaban J connectivity index is 0.853. The van der Waals surface area contributed by atoms with Gasteiger partial charge in [0.2, 0.25) is 5.91 Å². The summed E-state index contributed by atoms with van der Waals surface area (Å²) in [5.74, 6) is 0.720. The molecule has 2 aliphatic rings. The van der Waals surface area contributed by atoms with Gasteiger partial charge in [-0.15, -0.1) is 0 Å². The zero-order valence-electron chi connectivity index (χ0n) is 57.1. The maximum absolute atomic E-state index is 12.9. The average Bonchev–Trinajstić information content (AvgIpc) is 1.19. The van der Waals surface area contributed by atoms with Gasteiger partial charge >= 0.3 is 25.9 Å². The molecule has 2 aliphatic heterocycles. The van der Waals surface area contributed by atoms with Crippen LogP contribution in [0.15, 0.2) is 65.7 Å². The highest BCUT2D eigenvalue weighted by Crippen LogP contribution is 2.43. The van der Waals surface area contributed by atoms with E-state index in [-0.39, 0.29) is 84.7 Å². The molecule has 0 spiro atoms. The second-order valence-corrected chi connectivity index (χ2v) is 26.1. The number of benzene rings is 3. The summed E-state index contributed by atoms with van der Waals surface area (Å²) in [4.78, 5) is 65.4. The molecule has 20 nitrogen and oxygen atoms in total. The fourth-order valence-electron chi connectivity index (χ4n) is 11.0. The lowest BCUT2D eigenvalue weighted by atomic mass is 10.0. The van der Waals surface area contributed by atoms with Crippen molar-refractivity contribution in [3.8, 4) is 28.4 Å². The van der Waals surface area contributed by atoms with E-state index in [1.165, 1.54) is 141 Å². The zero-order valence-corrected chi connectivity index (χ0v) is 58.0. The maximum Gasteiger partial charge on any atom is 0.472 e. The SMILES string of the molecule is CCCCCCCCCCCCCCCCCC(=O)OCC(COP(=O)(O)OCCNC(=O)OCCOCC(=O)NCCOCCOCC1Oc2ccc(-c3ccc(C4=Nc5cc(C)ccc5OC4)cc3)cc2O1)OC(=O)CCCCCCCCCCCCCCCCC. The third-order valence-electron chi connectivity index (χ3n) is 16.4. The van der Waals surface area contributed by atoms with E-state index in [2.05, 4.69) is 36.6 Å². The van der Waals surface area contributed by atoms with Gasteiger partial charge in [0.05, 0.1) is 45.4 Å². The van der Waals surface area contributed by atoms with E-state index in [4.69, 9.17) is 56.7 Å². The number of fused-ring (bicyclic) bond motifs is 2. The van der Waals surface area contributed by atoms with E-state index in [0.717, 1.165) is 77.9 Å². The van der Waals surface area contributed by atoms with Crippen molar-refractivity contribution < 1.29 is 80.3 Å². The van der Waals surface area contributed by atoms with Crippen molar-refractivity contribution >= 4 is 43.2 Å². The van der Waals surface area contributed by atoms with Crippen LogP contribution in [0.4, 0.5) is 10.5 Å². The van der Waals surface area contributed by atoms with Crippen LogP contribution < -0.4 is 24.8 Å². The van der Waals surface area contributed by atoms with Gasteiger partial charge in [0.25, 0.3) is 6.29 Å². The number of rotatable bonds is 57.